The third kappa shape index (κ3) is 5.27. The van der Waals surface area contributed by atoms with Crippen LogP contribution in [0.15, 0.2) is 58.8 Å². The number of amides is 1. The molecule has 3 N–H and O–H groups in total. The lowest BCUT2D eigenvalue weighted by Crippen LogP contribution is -2.36. The van der Waals surface area contributed by atoms with Crippen molar-refractivity contribution >= 4 is 23.4 Å². The molecule has 0 aliphatic carbocycles. The summed E-state index contributed by atoms with van der Waals surface area (Å²) in [6.45, 7) is 6.81. The minimum Gasteiger partial charge on any atom is -0.508 e. The lowest BCUT2D eigenvalue weighted by Gasteiger charge is -2.05. The van der Waals surface area contributed by atoms with E-state index in [4.69, 9.17) is 0 Å². The van der Waals surface area contributed by atoms with E-state index in [0.717, 1.165) is 34.4 Å². The Morgan fingerprint density at radius 2 is 1.87 bits per heavy atom. The maximum Gasteiger partial charge on any atom is 0.337 e. The fourth-order valence-corrected chi connectivity index (χ4v) is 3.76. The number of aromatic nitrogens is 3. The normalized spacial score (nSPS) is 11.5. The van der Waals surface area contributed by atoms with E-state index in [1.807, 2.05) is 13.8 Å². The van der Waals surface area contributed by atoms with Gasteiger partial charge in [-0.15, -0.1) is 5.10 Å². The molecule has 0 atom stereocenters. The Morgan fingerprint density at radius 3 is 2.50 bits per heavy atom. The van der Waals surface area contributed by atoms with Gasteiger partial charge in [-0.3, -0.25) is 4.79 Å². The van der Waals surface area contributed by atoms with Crippen LogP contribution in [0.3, 0.4) is 0 Å². The third-order valence-electron chi connectivity index (χ3n) is 4.58. The van der Waals surface area contributed by atoms with Crippen LogP contribution in [-0.4, -0.2) is 32.7 Å². The average Bonchev–Trinajstić information content (AvgIpc) is 3.17. The first kappa shape index (κ1) is 21.6. The lowest BCUT2D eigenvalue weighted by atomic mass is 10.1. The molecular formula is C22H26N5O2S+. The number of aromatic amines is 1. The van der Waals surface area contributed by atoms with E-state index >= 15 is 0 Å². The number of nitrogens with zero attached hydrogens (tertiary/aromatic N) is 3. The van der Waals surface area contributed by atoms with Crippen molar-refractivity contribution in [2.75, 3.05) is 5.75 Å². The molecule has 7 nitrogen and oxygen atoms in total. The molecule has 156 valence electrons. The van der Waals surface area contributed by atoms with E-state index in [9.17, 15) is 9.90 Å². The van der Waals surface area contributed by atoms with Gasteiger partial charge in [0.15, 0.2) is 0 Å². The summed E-state index contributed by atoms with van der Waals surface area (Å²) in [5, 5.41) is 21.9. The van der Waals surface area contributed by atoms with Gasteiger partial charge in [0.05, 0.1) is 28.7 Å². The summed E-state index contributed by atoms with van der Waals surface area (Å²) in [4.78, 5) is 12.3. The van der Waals surface area contributed by atoms with Crippen LogP contribution in [0.1, 0.15) is 31.4 Å². The van der Waals surface area contributed by atoms with Gasteiger partial charge in [-0.2, -0.15) is 5.10 Å². The first-order chi connectivity index (χ1) is 14.5. The van der Waals surface area contributed by atoms with Crippen LogP contribution in [0.25, 0.3) is 11.4 Å². The number of hydrogen-bond donors (Lipinski definition) is 3. The maximum atomic E-state index is 12.3. The van der Waals surface area contributed by atoms with E-state index in [1.54, 1.807) is 24.3 Å². The quantitative estimate of drug-likeness (QED) is 0.224. The smallest absolute Gasteiger partial charge is 0.337 e. The number of phenols is 1. The molecule has 30 heavy (non-hydrogen) atoms. The molecule has 2 aromatic carbocycles. The number of carbonyl (C=O) groups is 1. The minimum absolute atomic E-state index is 0.197. The first-order valence-corrected chi connectivity index (χ1v) is 10.8. The molecule has 3 aromatic rings. The maximum absolute atomic E-state index is 12.3. The van der Waals surface area contributed by atoms with E-state index in [2.05, 4.69) is 56.5 Å². The number of hydrogen-bond acceptors (Lipinski definition) is 5. The molecular weight excluding hydrogens is 398 g/mol. The molecule has 1 heterocycles. The standard InChI is InChI=1S/C22H25N5O2S/c1-4-19(16-10-12-18(28)13-11-16)23-24-20(29)14-30-22-26-25-21(27(22)5-2)17-8-6-15(3)7-9-17/h6-13H,4-5,14H2,1-3H3,(H2,23,24,28,29)/p+1. The highest BCUT2D eigenvalue weighted by molar-refractivity contribution is 7.99. The second-order valence-electron chi connectivity index (χ2n) is 6.75. The summed E-state index contributed by atoms with van der Waals surface area (Å²) in [6, 6.07) is 15.0. The van der Waals surface area contributed by atoms with Gasteiger partial charge in [-0.1, -0.05) is 24.6 Å². The first-order valence-electron chi connectivity index (χ1n) is 9.84. The Morgan fingerprint density at radius 1 is 1.17 bits per heavy atom. The zero-order chi connectivity index (χ0) is 21.5. The number of carbonyl (C=O) groups excluding carboxylic acids is 1. The second kappa shape index (κ2) is 10.1. The molecule has 0 aliphatic rings. The Labute approximate surface area is 180 Å². The Kier molecular flexibility index (Phi) is 7.24. The van der Waals surface area contributed by atoms with Gasteiger partial charge in [0.1, 0.15) is 5.75 Å². The molecule has 1 amide bonds. The van der Waals surface area contributed by atoms with Crippen LogP contribution < -0.4 is 9.99 Å². The van der Waals surface area contributed by atoms with Crippen molar-refractivity contribution in [3.05, 3.63) is 59.7 Å². The Balaban J connectivity index is 1.64. The molecule has 0 unspecified atom stereocenters. The van der Waals surface area contributed by atoms with Crippen LogP contribution in [0, 0.1) is 6.92 Å². The van der Waals surface area contributed by atoms with Gasteiger partial charge < -0.3 is 5.11 Å². The summed E-state index contributed by atoms with van der Waals surface area (Å²) in [6.07, 6.45) is 0.660. The van der Waals surface area contributed by atoms with Crippen LogP contribution >= 0.6 is 11.8 Å². The molecule has 0 radical (unpaired) electrons. The molecule has 8 heteroatoms. The highest BCUT2D eigenvalue weighted by atomic mass is 32.2. The van der Waals surface area contributed by atoms with Crippen molar-refractivity contribution in [2.24, 2.45) is 5.10 Å². The molecule has 0 spiro atoms. The molecule has 0 saturated heterocycles. The molecule has 1 aromatic heterocycles. The molecule has 0 bridgehead atoms. The van der Waals surface area contributed by atoms with Crippen molar-refractivity contribution in [3.63, 3.8) is 0 Å². The van der Waals surface area contributed by atoms with Crippen LogP contribution in [0.2, 0.25) is 0 Å². The van der Waals surface area contributed by atoms with Crippen molar-refractivity contribution in [2.45, 2.75) is 38.9 Å². The largest absolute Gasteiger partial charge is 0.508 e. The van der Waals surface area contributed by atoms with Gasteiger partial charge in [0.25, 0.3) is 11.7 Å². The SMILES string of the molecule is CC/C(=N\NC(=O)CSc1n[nH]c(-c2ccc(C)cc2)[n+]1CC)c1ccc(O)cc1. The summed E-state index contributed by atoms with van der Waals surface area (Å²) in [5.74, 6) is 1.11. The third-order valence-corrected chi connectivity index (χ3v) is 5.56. The van der Waals surface area contributed by atoms with Crippen LogP contribution in [0.5, 0.6) is 5.75 Å². The number of nitrogens with one attached hydrogen (secondary N) is 2. The van der Waals surface area contributed by atoms with Gasteiger partial charge in [-0.05, 0) is 74.0 Å². The number of thioether (sulfide) groups is 1. The van der Waals surface area contributed by atoms with Crippen molar-refractivity contribution in [1.29, 1.82) is 0 Å². The number of rotatable bonds is 8. The summed E-state index contributed by atoms with van der Waals surface area (Å²) in [5.41, 5.74) is 6.48. The number of hydrazone groups is 1. The summed E-state index contributed by atoms with van der Waals surface area (Å²) in [7, 11) is 0. The summed E-state index contributed by atoms with van der Waals surface area (Å²) >= 11 is 1.36. The number of aromatic hydroxyl groups is 1. The second-order valence-corrected chi connectivity index (χ2v) is 7.69. The molecule has 0 saturated carbocycles. The fraction of sp³-hybridized carbons (Fsp3) is 0.273. The van der Waals surface area contributed by atoms with Crippen molar-refractivity contribution in [1.82, 2.24) is 15.6 Å². The molecule has 3 rings (SSSR count). The molecule has 0 fully saturated rings. The zero-order valence-electron chi connectivity index (χ0n) is 17.3. The lowest BCUT2D eigenvalue weighted by molar-refractivity contribution is -0.719. The zero-order valence-corrected chi connectivity index (χ0v) is 18.2. The van der Waals surface area contributed by atoms with Crippen molar-refractivity contribution < 1.29 is 14.5 Å². The van der Waals surface area contributed by atoms with Gasteiger partial charge in [-0.25, -0.2) is 9.99 Å². The van der Waals surface area contributed by atoms with E-state index in [-0.39, 0.29) is 17.4 Å². The van der Waals surface area contributed by atoms with Gasteiger partial charge in [0.2, 0.25) is 0 Å². The Bertz CT molecular complexity index is 1030. The highest BCUT2D eigenvalue weighted by Gasteiger charge is 2.21. The van der Waals surface area contributed by atoms with Gasteiger partial charge >= 0.3 is 5.16 Å². The number of phenolic OH excluding ortho intramolecular Hbond substituents is 1. The Hall–Kier alpha value is -3.13. The number of H-pyrrole nitrogens is 1. The number of benzene rings is 2. The topological polar surface area (TPSA) is 94.2 Å². The predicted molar refractivity (Wildman–Crippen MR) is 118 cm³/mol. The highest BCUT2D eigenvalue weighted by Crippen LogP contribution is 2.18. The molecule has 0 aliphatic heterocycles. The fourth-order valence-electron chi connectivity index (χ4n) is 2.95. The minimum atomic E-state index is -0.202. The van der Waals surface area contributed by atoms with E-state index in [0.29, 0.717) is 6.42 Å². The van der Waals surface area contributed by atoms with Crippen LogP contribution in [-0.2, 0) is 11.3 Å². The van der Waals surface area contributed by atoms with Gasteiger partial charge in [0, 0.05) is 0 Å². The predicted octanol–water partition coefficient (Wildman–Crippen LogP) is 3.42. The number of aryl methyl sites for hydroxylation is 1. The average molecular weight is 425 g/mol. The van der Waals surface area contributed by atoms with E-state index < -0.39 is 0 Å². The summed E-state index contributed by atoms with van der Waals surface area (Å²) < 4.78 is 2.06. The van der Waals surface area contributed by atoms with Crippen molar-refractivity contribution in [3.8, 4) is 17.1 Å². The van der Waals surface area contributed by atoms with Crippen LogP contribution in [0.4, 0.5) is 0 Å². The monoisotopic (exact) mass is 424 g/mol. The van der Waals surface area contributed by atoms with E-state index in [1.165, 1.54) is 17.3 Å².